The third kappa shape index (κ3) is 4.47. The average Bonchev–Trinajstić information content (AvgIpc) is 3.41. The number of thioether (sulfide) groups is 1. The average molecular weight is 490 g/mol. The molecule has 0 bridgehead atoms. The summed E-state index contributed by atoms with van der Waals surface area (Å²) in [5, 5.41) is 31.9. The lowest BCUT2D eigenvalue weighted by molar-refractivity contribution is 0.420. The Balaban J connectivity index is 1.39. The van der Waals surface area contributed by atoms with Crippen LogP contribution in [0.15, 0.2) is 64.8 Å². The molecular weight excluding hydrogens is 469 g/mol. The first-order valence-electron chi connectivity index (χ1n) is 10.7. The molecule has 2 aromatic carbocycles. The fourth-order valence-corrected chi connectivity index (χ4v) is 5.28. The van der Waals surface area contributed by atoms with E-state index >= 15 is 0 Å². The van der Waals surface area contributed by atoms with Crippen molar-refractivity contribution in [2.24, 2.45) is 0 Å². The first kappa shape index (κ1) is 22.3. The van der Waals surface area contributed by atoms with Gasteiger partial charge in [-0.1, -0.05) is 53.7 Å². The smallest absolute Gasteiger partial charge is 0.192 e. The van der Waals surface area contributed by atoms with E-state index < -0.39 is 0 Å². The summed E-state index contributed by atoms with van der Waals surface area (Å²) in [7, 11) is 0. The number of nitriles is 1. The number of allylic oxidation sites excluding steroid dienone is 1. The topological polar surface area (TPSA) is 87.6 Å². The zero-order chi connectivity index (χ0) is 23.7. The number of thiazole rings is 1. The summed E-state index contributed by atoms with van der Waals surface area (Å²) in [5.74, 6) is 0.186. The van der Waals surface area contributed by atoms with E-state index in [9.17, 15) is 14.8 Å². The lowest BCUT2D eigenvalue weighted by atomic mass is 10.1. The predicted octanol–water partition coefficient (Wildman–Crippen LogP) is 6.44. The molecule has 0 unspecified atom stereocenters. The number of nitrogens with zero attached hydrogens (tertiary/aromatic N) is 5. The molecule has 4 aromatic rings. The first-order chi connectivity index (χ1) is 16.5. The molecule has 0 aliphatic heterocycles. The number of aliphatic hydroxyl groups is 1. The van der Waals surface area contributed by atoms with Gasteiger partial charge in [0.2, 0.25) is 0 Å². The summed E-state index contributed by atoms with van der Waals surface area (Å²) >= 11 is 2.59. The fraction of sp³-hybridized carbons (Fsp3) is 0.200. The van der Waals surface area contributed by atoms with Crippen LogP contribution in [0, 0.1) is 24.1 Å². The Labute approximate surface area is 204 Å². The number of halogens is 1. The SMILES string of the molecule is Cc1ccc(-c2csc(/C(C#N)=C(/O)CSc3nnc(-c4ccccc4F)n3C3CC3)n2)cc1. The molecule has 0 atom stereocenters. The molecule has 0 amide bonds. The minimum absolute atomic E-state index is 0.0740. The second-order valence-corrected chi connectivity index (χ2v) is 9.81. The Morgan fingerprint density at radius 3 is 2.68 bits per heavy atom. The van der Waals surface area contributed by atoms with Crippen molar-refractivity contribution < 1.29 is 9.50 Å². The van der Waals surface area contributed by atoms with E-state index in [1.807, 2.05) is 41.1 Å². The molecule has 1 aliphatic rings. The Bertz CT molecular complexity index is 1410. The third-order valence-corrected chi connectivity index (χ3v) is 7.31. The van der Waals surface area contributed by atoms with Crippen LogP contribution in [0.2, 0.25) is 0 Å². The van der Waals surface area contributed by atoms with Gasteiger partial charge in [-0.25, -0.2) is 9.37 Å². The maximum atomic E-state index is 14.4. The van der Waals surface area contributed by atoms with Gasteiger partial charge >= 0.3 is 0 Å². The highest BCUT2D eigenvalue weighted by Crippen LogP contribution is 2.41. The molecular formula is C25H20FN5OS2. The van der Waals surface area contributed by atoms with Crippen molar-refractivity contribution in [3.05, 3.63) is 76.1 Å². The Morgan fingerprint density at radius 2 is 1.97 bits per heavy atom. The molecule has 0 radical (unpaired) electrons. The highest BCUT2D eigenvalue weighted by Gasteiger charge is 2.31. The van der Waals surface area contributed by atoms with Crippen LogP contribution in [0.1, 0.15) is 29.5 Å². The van der Waals surface area contributed by atoms with Gasteiger partial charge in [0.05, 0.1) is 17.0 Å². The summed E-state index contributed by atoms with van der Waals surface area (Å²) < 4.78 is 16.3. The molecule has 6 nitrogen and oxygen atoms in total. The van der Waals surface area contributed by atoms with Gasteiger partial charge in [0.1, 0.15) is 28.2 Å². The van der Waals surface area contributed by atoms with Crippen LogP contribution in [0.3, 0.4) is 0 Å². The van der Waals surface area contributed by atoms with Crippen molar-refractivity contribution in [3.8, 4) is 28.7 Å². The Hall–Kier alpha value is -3.48. The first-order valence-corrected chi connectivity index (χ1v) is 12.6. The van der Waals surface area contributed by atoms with Crippen LogP contribution in [0.5, 0.6) is 0 Å². The van der Waals surface area contributed by atoms with Crippen molar-refractivity contribution >= 4 is 28.7 Å². The van der Waals surface area contributed by atoms with Gasteiger partial charge < -0.3 is 5.11 Å². The molecule has 5 rings (SSSR count). The summed E-state index contributed by atoms with van der Waals surface area (Å²) in [6.07, 6.45) is 1.94. The van der Waals surface area contributed by atoms with Crippen LogP contribution in [0.4, 0.5) is 4.39 Å². The van der Waals surface area contributed by atoms with Gasteiger partial charge in [-0.05, 0) is 31.9 Å². The molecule has 1 saturated carbocycles. The number of aryl methyl sites for hydroxylation is 1. The molecule has 9 heteroatoms. The predicted molar refractivity (Wildman–Crippen MR) is 132 cm³/mol. The number of aliphatic hydroxyl groups excluding tert-OH is 1. The number of hydrogen-bond donors (Lipinski definition) is 1. The van der Waals surface area contributed by atoms with E-state index in [-0.39, 0.29) is 28.9 Å². The monoisotopic (exact) mass is 489 g/mol. The van der Waals surface area contributed by atoms with Crippen LogP contribution >= 0.6 is 23.1 Å². The van der Waals surface area contributed by atoms with Crippen molar-refractivity contribution in [1.29, 1.82) is 5.26 Å². The summed E-state index contributed by atoms with van der Waals surface area (Å²) in [5.41, 5.74) is 3.41. The molecule has 1 fully saturated rings. The zero-order valence-electron chi connectivity index (χ0n) is 18.3. The van der Waals surface area contributed by atoms with Gasteiger partial charge in [-0.15, -0.1) is 21.5 Å². The molecule has 1 N–H and O–H groups in total. The van der Waals surface area contributed by atoms with Crippen molar-refractivity contribution in [2.75, 3.05) is 5.75 Å². The van der Waals surface area contributed by atoms with Crippen molar-refractivity contribution in [2.45, 2.75) is 31.0 Å². The normalized spacial score (nSPS) is 14.0. The van der Waals surface area contributed by atoms with Gasteiger partial charge in [0, 0.05) is 17.0 Å². The van der Waals surface area contributed by atoms with E-state index in [0.29, 0.717) is 21.6 Å². The van der Waals surface area contributed by atoms with E-state index in [1.165, 1.54) is 29.2 Å². The Kier molecular flexibility index (Phi) is 6.18. The molecule has 0 spiro atoms. The van der Waals surface area contributed by atoms with Gasteiger partial charge in [0.25, 0.3) is 0 Å². The van der Waals surface area contributed by atoms with Gasteiger partial charge in [-0.3, -0.25) is 4.57 Å². The minimum Gasteiger partial charge on any atom is -0.510 e. The van der Waals surface area contributed by atoms with E-state index in [1.54, 1.807) is 18.2 Å². The molecule has 2 heterocycles. The summed E-state index contributed by atoms with van der Waals surface area (Å²) in [6.45, 7) is 2.02. The third-order valence-electron chi connectivity index (χ3n) is 5.50. The zero-order valence-corrected chi connectivity index (χ0v) is 19.9. The highest BCUT2D eigenvalue weighted by molar-refractivity contribution is 7.99. The number of aromatic nitrogens is 4. The number of rotatable bonds is 7. The summed E-state index contributed by atoms with van der Waals surface area (Å²) in [4.78, 5) is 4.56. The van der Waals surface area contributed by atoms with Crippen molar-refractivity contribution in [3.63, 3.8) is 0 Å². The number of benzene rings is 2. The van der Waals surface area contributed by atoms with Crippen LogP contribution in [-0.2, 0) is 0 Å². The fourth-order valence-electron chi connectivity index (χ4n) is 3.55. The molecule has 34 heavy (non-hydrogen) atoms. The van der Waals surface area contributed by atoms with E-state index in [4.69, 9.17) is 0 Å². The highest BCUT2D eigenvalue weighted by atomic mass is 32.2. The largest absolute Gasteiger partial charge is 0.510 e. The van der Waals surface area contributed by atoms with Gasteiger partial charge in [0.15, 0.2) is 11.0 Å². The summed E-state index contributed by atoms with van der Waals surface area (Å²) in [6, 6.07) is 16.8. The second kappa shape index (κ2) is 9.41. The quantitative estimate of drug-likeness (QED) is 0.183. The molecule has 2 aromatic heterocycles. The lowest BCUT2D eigenvalue weighted by Crippen LogP contribution is -2.02. The van der Waals surface area contributed by atoms with E-state index in [2.05, 4.69) is 21.3 Å². The molecule has 170 valence electrons. The maximum absolute atomic E-state index is 14.4. The van der Waals surface area contributed by atoms with Crippen LogP contribution in [0.25, 0.3) is 28.2 Å². The van der Waals surface area contributed by atoms with Gasteiger partial charge in [-0.2, -0.15) is 5.26 Å². The molecule has 0 saturated heterocycles. The van der Waals surface area contributed by atoms with E-state index in [0.717, 1.165) is 29.7 Å². The van der Waals surface area contributed by atoms with Crippen molar-refractivity contribution in [1.82, 2.24) is 19.7 Å². The van der Waals surface area contributed by atoms with Crippen LogP contribution < -0.4 is 0 Å². The minimum atomic E-state index is -0.351. The lowest BCUT2D eigenvalue weighted by Gasteiger charge is -2.09. The Morgan fingerprint density at radius 1 is 1.21 bits per heavy atom. The van der Waals surface area contributed by atoms with Crippen LogP contribution in [-0.4, -0.2) is 30.6 Å². The maximum Gasteiger partial charge on any atom is 0.192 e. The molecule has 1 aliphatic carbocycles. The standard InChI is InChI=1S/C25H20FN5OS2/c1-15-6-8-16(9-7-15)21-13-33-24(28-21)19(12-27)22(32)14-34-25-30-29-23(31(25)17-10-11-17)18-4-2-3-5-20(18)26/h2-9,13,17,32H,10-11,14H2,1H3/b22-19+. The second-order valence-electron chi connectivity index (χ2n) is 8.01. The number of hydrogen-bond acceptors (Lipinski definition) is 7.